The van der Waals surface area contributed by atoms with Gasteiger partial charge in [0.15, 0.2) is 0 Å². The third-order valence-electron chi connectivity index (χ3n) is 7.62. The van der Waals surface area contributed by atoms with Crippen LogP contribution < -0.4 is 5.32 Å². The summed E-state index contributed by atoms with van der Waals surface area (Å²) in [5.41, 5.74) is 0.726. The van der Waals surface area contributed by atoms with E-state index in [1.807, 2.05) is 37.3 Å². The molecule has 1 aromatic carbocycles. The molecule has 5 nitrogen and oxygen atoms in total. The number of esters is 2. The average molecular weight is 458 g/mol. The van der Waals surface area contributed by atoms with E-state index in [0.717, 1.165) is 18.4 Å². The lowest BCUT2D eigenvalue weighted by Gasteiger charge is -2.39. The highest BCUT2D eigenvalue weighted by Crippen LogP contribution is 2.45. The fourth-order valence-corrected chi connectivity index (χ4v) is 5.89. The predicted molar refractivity (Wildman–Crippen MR) is 131 cm³/mol. The molecule has 1 aliphatic carbocycles. The summed E-state index contributed by atoms with van der Waals surface area (Å²) >= 11 is 0. The van der Waals surface area contributed by atoms with Gasteiger partial charge in [-0.2, -0.15) is 0 Å². The van der Waals surface area contributed by atoms with Crippen molar-refractivity contribution < 1.29 is 19.1 Å². The van der Waals surface area contributed by atoms with E-state index in [0.29, 0.717) is 24.4 Å². The molecule has 0 amide bonds. The van der Waals surface area contributed by atoms with Gasteiger partial charge in [-0.25, -0.2) is 0 Å². The maximum atomic E-state index is 13.9. The molecule has 0 unspecified atom stereocenters. The summed E-state index contributed by atoms with van der Waals surface area (Å²) in [6.45, 7) is 15.1. The second-order valence-corrected chi connectivity index (χ2v) is 11.5. The maximum Gasteiger partial charge on any atom is 0.323 e. The number of hydrogen-bond donors (Lipinski definition) is 1. The first-order valence-electron chi connectivity index (χ1n) is 12.7. The van der Waals surface area contributed by atoms with Crippen molar-refractivity contribution in [2.75, 3.05) is 6.61 Å². The first kappa shape index (κ1) is 25.7. The molecule has 1 saturated carbocycles. The van der Waals surface area contributed by atoms with Gasteiger partial charge in [-0.05, 0) is 48.5 Å². The Labute approximate surface area is 200 Å². The number of benzene rings is 1. The maximum absolute atomic E-state index is 13.9. The van der Waals surface area contributed by atoms with Crippen molar-refractivity contribution in [2.24, 2.45) is 29.1 Å². The van der Waals surface area contributed by atoms with Gasteiger partial charge in [-0.1, -0.05) is 78.3 Å². The Morgan fingerprint density at radius 3 is 2.33 bits per heavy atom. The van der Waals surface area contributed by atoms with Crippen LogP contribution in [-0.2, 0) is 19.1 Å². The van der Waals surface area contributed by atoms with E-state index in [9.17, 15) is 9.59 Å². The minimum absolute atomic E-state index is 0.0695. The summed E-state index contributed by atoms with van der Waals surface area (Å²) < 4.78 is 11.8. The van der Waals surface area contributed by atoms with Gasteiger partial charge in [0, 0.05) is 12.0 Å². The molecule has 2 fully saturated rings. The Kier molecular flexibility index (Phi) is 8.26. The van der Waals surface area contributed by atoms with E-state index < -0.39 is 12.0 Å². The predicted octanol–water partition coefficient (Wildman–Crippen LogP) is 5.34. The second-order valence-electron chi connectivity index (χ2n) is 11.5. The Morgan fingerprint density at radius 1 is 1.09 bits per heavy atom. The van der Waals surface area contributed by atoms with E-state index in [1.54, 1.807) is 0 Å². The van der Waals surface area contributed by atoms with Gasteiger partial charge in [-0.15, -0.1) is 0 Å². The molecular formula is C28H43NO4. The highest BCUT2D eigenvalue weighted by molar-refractivity contribution is 5.83. The van der Waals surface area contributed by atoms with Gasteiger partial charge in [0.05, 0.1) is 12.5 Å². The van der Waals surface area contributed by atoms with Crippen molar-refractivity contribution in [2.45, 2.75) is 91.8 Å². The first-order valence-corrected chi connectivity index (χ1v) is 12.7. The van der Waals surface area contributed by atoms with Crippen molar-refractivity contribution in [1.29, 1.82) is 0 Å². The average Bonchev–Trinajstić information content (AvgIpc) is 3.16. The van der Waals surface area contributed by atoms with Crippen LogP contribution in [0, 0.1) is 29.1 Å². The van der Waals surface area contributed by atoms with Crippen LogP contribution in [0.1, 0.15) is 79.2 Å². The van der Waals surface area contributed by atoms with Crippen LogP contribution in [-0.4, -0.2) is 36.7 Å². The lowest BCUT2D eigenvalue weighted by Crippen LogP contribution is -2.46. The van der Waals surface area contributed by atoms with Gasteiger partial charge >= 0.3 is 11.9 Å². The first-order chi connectivity index (χ1) is 15.5. The highest BCUT2D eigenvalue weighted by Gasteiger charge is 2.55. The number of ether oxygens (including phenoxy) is 2. The van der Waals surface area contributed by atoms with Crippen LogP contribution in [0.25, 0.3) is 0 Å². The second kappa shape index (κ2) is 10.6. The van der Waals surface area contributed by atoms with Crippen molar-refractivity contribution in [3.8, 4) is 0 Å². The minimum atomic E-state index is -0.583. The van der Waals surface area contributed by atoms with Gasteiger partial charge in [-0.3, -0.25) is 14.9 Å². The summed E-state index contributed by atoms with van der Waals surface area (Å²) in [4.78, 5) is 26.9. The monoisotopic (exact) mass is 457 g/mol. The van der Waals surface area contributed by atoms with E-state index >= 15 is 0 Å². The van der Waals surface area contributed by atoms with Crippen molar-refractivity contribution in [3.63, 3.8) is 0 Å². The van der Waals surface area contributed by atoms with Crippen LogP contribution in [0.4, 0.5) is 0 Å². The number of hydrogen-bond acceptors (Lipinski definition) is 5. The normalized spacial score (nSPS) is 32.5. The van der Waals surface area contributed by atoms with E-state index in [-0.39, 0.29) is 35.4 Å². The Hall–Kier alpha value is -1.88. The fraction of sp³-hybridized carbons (Fsp3) is 0.714. The SMILES string of the molecule is CCOC(=O)[C@H]1N[C@@H](C(C)(C)C)[C@H](C(=O)O[C@@H]2C[C@H](C)CC[C@H]2C(C)C)[C@H]1c1ccccc1. The van der Waals surface area contributed by atoms with Crippen molar-refractivity contribution in [1.82, 2.24) is 5.32 Å². The smallest absolute Gasteiger partial charge is 0.323 e. The topological polar surface area (TPSA) is 64.6 Å². The van der Waals surface area contributed by atoms with Crippen LogP contribution >= 0.6 is 0 Å². The standard InChI is InChI=1S/C28H43NO4/c1-8-32-27(31)24-22(19-12-10-9-11-13-19)23(25(29-24)28(5,6)7)26(30)33-21-16-18(4)14-15-20(21)17(2)3/h9-13,17-18,20-25,29H,8,14-16H2,1-7H3/t18-,20+,21-,22-,23-,24+,25-/m1/s1. The van der Waals surface area contributed by atoms with Gasteiger partial charge in [0.25, 0.3) is 0 Å². The molecule has 5 heteroatoms. The Bertz CT molecular complexity index is 800. The number of nitrogens with one attached hydrogen (secondary N) is 1. The van der Waals surface area contributed by atoms with E-state index in [2.05, 4.69) is 46.9 Å². The lowest BCUT2D eigenvalue weighted by atomic mass is 9.73. The summed E-state index contributed by atoms with van der Waals surface area (Å²) in [6.07, 6.45) is 3.12. The molecule has 1 heterocycles. The summed E-state index contributed by atoms with van der Waals surface area (Å²) in [7, 11) is 0. The van der Waals surface area contributed by atoms with Crippen molar-refractivity contribution in [3.05, 3.63) is 35.9 Å². The molecule has 0 spiro atoms. The molecule has 1 N–H and O–H groups in total. The molecule has 2 aliphatic rings. The van der Waals surface area contributed by atoms with Crippen molar-refractivity contribution >= 4 is 11.9 Å². The molecule has 7 atom stereocenters. The van der Waals surface area contributed by atoms with Gasteiger partial charge in [0.1, 0.15) is 12.1 Å². The van der Waals surface area contributed by atoms with E-state index in [4.69, 9.17) is 9.47 Å². The molecule has 184 valence electrons. The fourth-order valence-electron chi connectivity index (χ4n) is 5.89. The molecule has 0 radical (unpaired) electrons. The molecule has 1 saturated heterocycles. The molecule has 1 aliphatic heterocycles. The van der Waals surface area contributed by atoms with Crippen LogP contribution in [0.5, 0.6) is 0 Å². The summed E-state index contributed by atoms with van der Waals surface area (Å²) in [6, 6.07) is 9.09. The molecule has 33 heavy (non-hydrogen) atoms. The third-order valence-corrected chi connectivity index (χ3v) is 7.62. The number of carbonyl (C=O) groups excluding carboxylic acids is 2. The van der Waals surface area contributed by atoms with E-state index in [1.165, 1.54) is 6.42 Å². The molecule has 0 aromatic heterocycles. The zero-order chi connectivity index (χ0) is 24.3. The largest absolute Gasteiger partial charge is 0.465 e. The minimum Gasteiger partial charge on any atom is -0.465 e. The van der Waals surface area contributed by atoms with Crippen LogP contribution in [0.15, 0.2) is 30.3 Å². The quantitative estimate of drug-likeness (QED) is 0.584. The van der Waals surface area contributed by atoms with Crippen LogP contribution in [0.3, 0.4) is 0 Å². The Balaban J connectivity index is 1.98. The molecule has 0 bridgehead atoms. The molecule has 3 rings (SSSR count). The lowest BCUT2D eigenvalue weighted by molar-refractivity contribution is -0.163. The number of carbonyl (C=O) groups is 2. The number of rotatable bonds is 6. The van der Waals surface area contributed by atoms with Gasteiger partial charge in [0.2, 0.25) is 0 Å². The summed E-state index contributed by atoms with van der Waals surface area (Å²) in [5, 5.41) is 3.50. The van der Waals surface area contributed by atoms with Gasteiger partial charge < -0.3 is 9.47 Å². The molecular weight excluding hydrogens is 414 g/mol. The molecule has 1 aromatic rings. The summed E-state index contributed by atoms with van der Waals surface area (Å²) in [5.74, 6) is 0.105. The highest BCUT2D eigenvalue weighted by atomic mass is 16.5. The Morgan fingerprint density at radius 2 is 1.76 bits per heavy atom. The van der Waals surface area contributed by atoms with Crippen LogP contribution in [0.2, 0.25) is 0 Å². The third kappa shape index (κ3) is 5.79. The zero-order valence-electron chi connectivity index (χ0n) is 21.5. The zero-order valence-corrected chi connectivity index (χ0v) is 21.5.